The molecule has 4 heteroatoms. The Morgan fingerprint density at radius 1 is 1.25 bits per heavy atom. The van der Waals surface area contributed by atoms with Crippen LogP contribution in [0.2, 0.25) is 0 Å². The van der Waals surface area contributed by atoms with Crippen molar-refractivity contribution >= 4 is 17.7 Å². The average Bonchev–Trinajstić information content (AvgIpc) is 3.10. The Labute approximate surface area is 143 Å². The van der Waals surface area contributed by atoms with Gasteiger partial charge >= 0.3 is 0 Å². The van der Waals surface area contributed by atoms with Gasteiger partial charge in [0.05, 0.1) is 6.26 Å². The zero-order valence-electron chi connectivity index (χ0n) is 14.1. The van der Waals surface area contributed by atoms with Crippen LogP contribution in [0.25, 0.3) is 6.08 Å². The van der Waals surface area contributed by atoms with Crippen LogP contribution >= 0.6 is 0 Å². The fourth-order valence-corrected chi connectivity index (χ4v) is 2.90. The van der Waals surface area contributed by atoms with Crippen LogP contribution in [0.5, 0.6) is 0 Å². The molecule has 1 aliphatic heterocycles. The number of hydrogen-bond donors (Lipinski definition) is 1. The lowest BCUT2D eigenvalue weighted by Gasteiger charge is -2.30. The second-order valence-corrected chi connectivity index (χ2v) is 6.49. The van der Waals surface area contributed by atoms with Crippen molar-refractivity contribution in [3.05, 3.63) is 60.1 Å². The van der Waals surface area contributed by atoms with Gasteiger partial charge in [-0.15, -0.1) is 0 Å². The van der Waals surface area contributed by atoms with Crippen molar-refractivity contribution in [1.82, 2.24) is 4.90 Å². The van der Waals surface area contributed by atoms with Gasteiger partial charge in [-0.25, -0.2) is 0 Å². The largest absolute Gasteiger partial charge is 0.465 e. The molecule has 1 saturated heterocycles. The molecule has 4 nitrogen and oxygen atoms in total. The molecule has 3 rings (SSSR count). The smallest absolute Gasteiger partial charge is 0.248 e. The van der Waals surface area contributed by atoms with Gasteiger partial charge in [0.2, 0.25) is 5.91 Å². The number of likely N-dealkylation sites (tertiary alicyclic amines) is 1. The summed E-state index contributed by atoms with van der Waals surface area (Å²) in [6.07, 6.45) is 7.29. The highest BCUT2D eigenvalue weighted by Gasteiger charge is 2.15. The van der Waals surface area contributed by atoms with Gasteiger partial charge in [0.1, 0.15) is 5.76 Å². The highest BCUT2D eigenvalue weighted by Crippen LogP contribution is 2.19. The first-order valence-electron chi connectivity index (χ1n) is 8.53. The molecule has 1 N–H and O–H groups in total. The summed E-state index contributed by atoms with van der Waals surface area (Å²) in [4.78, 5) is 14.4. The summed E-state index contributed by atoms with van der Waals surface area (Å²) in [5.41, 5.74) is 2.09. The first-order valence-corrected chi connectivity index (χ1v) is 8.53. The molecule has 2 heterocycles. The van der Waals surface area contributed by atoms with E-state index in [9.17, 15) is 4.79 Å². The van der Waals surface area contributed by atoms with E-state index in [2.05, 4.69) is 29.3 Å². The number of anilines is 1. The highest BCUT2D eigenvalue weighted by molar-refractivity contribution is 6.01. The molecule has 0 saturated carbocycles. The van der Waals surface area contributed by atoms with Crippen LogP contribution in [-0.2, 0) is 11.3 Å². The van der Waals surface area contributed by atoms with Gasteiger partial charge in [-0.3, -0.25) is 9.69 Å². The first-order chi connectivity index (χ1) is 11.7. The molecule has 1 aromatic heterocycles. The average molecular weight is 324 g/mol. The number of carbonyl (C=O) groups excluding carboxylic acids is 1. The van der Waals surface area contributed by atoms with Crippen molar-refractivity contribution in [2.45, 2.75) is 26.3 Å². The Kier molecular flexibility index (Phi) is 5.49. The molecule has 1 aliphatic rings. The molecule has 1 fully saturated rings. The number of nitrogens with one attached hydrogen (secondary N) is 1. The standard InChI is InChI=1S/C20H24N2O2/c1-16-10-12-22(13-11-16)15-17-4-6-18(7-5-17)21-20(23)9-8-19-3-2-14-24-19/h2-9,14,16H,10-13,15H2,1H3,(H,21,23)/b9-8+. The molecule has 1 aromatic carbocycles. The molecule has 0 radical (unpaired) electrons. The van der Waals surface area contributed by atoms with Crippen LogP contribution in [0.15, 0.2) is 53.2 Å². The fourth-order valence-electron chi connectivity index (χ4n) is 2.90. The quantitative estimate of drug-likeness (QED) is 0.840. The molecule has 0 aliphatic carbocycles. The molecule has 0 bridgehead atoms. The lowest BCUT2D eigenvalue weighted by molar-refractivity contribution is -0.111. The minimum absolute atomic E-state index is 0.163. The van der Waals surface area contributed by atoms with Gasteiger partial charge in [0.25, 0.3) is 0 Å². The summed E-state index contributed by atoms with van der Waals surface area (Å²) in [6, 6.07) is 11.7. The number of hydrogen-bond acceptors (Lipinski definition) is 3. The number of piperidine rings is 1. The Bertz CT molecular complexity index is 666. The minimum Gasteiger partial charge on any atom is -0.465 e. The molecular weight excluding hydrogens is 300 g/mol. The number of amides is 1. The minimum atomic E-state index is -0.163. The lowest BCUT2D eigenvalue weighted by Crippen LogP contribution is -2.32. The van der Waals surface area contributed by atoms with Crippen molar-refractivity contribution in [2.24, 2.45) is 5.92 Å². The fraction of sp³-hybridized carbons (Fsp3) is 0.350. The predicted octanol–water partition coefficient (Wildman–Crippen LogP) is 4.16. The third kappa shape index (κ3) is 4.83. The maximum atomic E-state index is 11.9. The molecular formula is C20H24N2O2. The normalized spacial score (nSPS) is 16.5. The van der Waals surface area contributed by atoms with Gasteiger partial charge in [-0.05, 0) is 67.8 Å². The Morgan fingerprint density at radius 2 is 2.00 bits per heavy atom. The van der Waals surface area contributed by atoms with E-state index < -0.39 is 0 Å². The number of carbonyl (C=O) groups is 1. The number of furan rings is 1. The number of nitrogens with zero attached hydrogens (tertiary/aromatic N) is 1. The first kappa shape index (κ1) is 16.5. The molecule has 24 heavy (non-hydrogen) atoms. The second-order valence-electron chi connectivity index (χ2n) is 6.49. The molecule has 0 spiro atoms. The van der Waals surface area contributed by atoms with E-state index in [1.807, 2.05) is 12.1 Å². The summed E-state index contributed by atoms with van der Waals surface area (Å²) in [6.45, 7) is 5.67. The zero-order valence-corrected chi connectivity index (χ0v) is 14.1. The maximum absolute atomic E-state index is 11.9. The Hall–Kier alpha value is -2.33. The molecule has 2 aromatic rings. The Balaban J connectivity index is 1.50. The summed E-state index contributed by atoms with van der Waals surface area (Å²) in [5, 5.41) is 2.86. The van der Waals surface area contributed by atoms with Crippen molar-refractivity contribution < 1.29 is 9.21 Å². The van der Waals surface area contributed by atoms with Gasteiger partial charge in [-0.2, -0.15) is 0 Å². The SMILES string of the molecule is CC1CCN(Cc2ccc(NC(=O)/C=C/c3ccco3)cc2)CC1. The third-order valence-electron chi connectivity index (χ3n) is 4.45. The van der Waals surface area contributed by atoms with Crippen LogP contribution < -0.4 is 5.32 Å². The summed E-state index contributed by atoms with van der Waals surface area (Å²) < 4.78 is 5.16. The second kappa shape index (κ2) is 7.97. The van der Waals surface area contributed by atoms with Crippen molar-refractivity contribution in [3.63, 3.8) is 0 Å². The predicted molar refractivity (Wildman–Crippen MR) is 96.5 cm³/mol. The van der Waals surface area contributed by atoms with Crippen molar-refractivity contribution in [1.29, 1.82) is 0 Å². The summed E-state index contributed by atoms with van der Waals surface area (Å²) in [7, 11) is 0. The molecule has 1 amide bonds. The van der Waals surface area contributed by atoms with Crippen molar-refractivity contribution in [2.75, 3.05) is 18.4 Å². The van der Waals surface area contributed by atoms with Crippen LogP contribution in [0.3, 0.4) is 0 Å². The Morgan fingerprint density at radius 3 is 2.67 bits per heavy atom. The molecule has 0 atom stereocenters. The van der Waals surface area contributed by atoms with Gasteiger partial charge in [0.15, 0.2) is 0 Å². The van der Waals surface area contributed by atoms with E-state index in [0.29, 0.717) is 5.76 Å². The topological polar surface area (TPSA) is 45.5 Å². The maximum Gasteiger partial charge on any atom is 0.248 e. The molecule has 126 valence electrons. The van der Waals surface area contributed by atoms with Crippen LogP contribution in [-0.4, -0.2) is 23.9 Å². The third-order valence-corrected chi connectivity index (χ3v) is 4.45. The van der Waals surface area contributed by atoms with Crippen LogP contribution in [0, 0.1) is 5.92 Å². The van der Waals surface area contributed by atoms with Gasteiger partial charge in [0, 0.05) is 18.3 Å². The summed E-state index contributed by atoms with van der Waals surface area (Å²) >= 11 is 0. The van der Waals surface area contributed by atoms with E-state index in [0.717, 1.165) is 18.2 Å². The number of rotatable bonds is 5. The summed E-state index contributed by atoms with van der Waals surface area (Å²) in [5.74, 6) is 1.36. The monoisotopic (exact) mass is 324 g/mol. The van der Waals surface area contributed by atoms with Crippen molar-refractivity contribution in [3.8, 4) is 0 Å². The van der Waals surface area contributed by atoms with E-state index in [1.54, 1.807) is 24.5 Å². The van der Waals surface area contributed by atoms with Crippen LogP contribution in [0.4, 0.5) is 5.69 Å². The van der Waals surface area contributed by atoms with E-state index in [4.69, 9.17) is 4.42 Å². The zero-order chi connectivity index (χ0) is 16.8. The molecule has 0 unspecified atom stereocenters. The number of benzene rings is 1. The van der Waals surface area contributed by atoms with Gasteiger partial charge < -0.3 is 9.73 Å². The van der Waals surface area contributed by atoms with Crippen LogP contribution in [0.1, 0.15) is 31.1 Å². The van der Waals surface area contributed by atoms with Gasteiger partial charge in [-0.1, -0.05) is 19.1 Å². The lowest BCUT2D eigenvalue weighted by atomic mass is 9.99. The van der Waals surface area contributed by atoms with E-state index in [1.165, 1.54) is 37.6 Å². The highest BCUT2D eigenvalue weighted by atomic mass is 16.3. The van der Waals surface area contributed by atoms with E-state index in [-0.39, 0.29) is 5.91 Å². The van der Waals surface area contributed by atoms with E-state index >= 15 is 0 Å².